The summed E-state index contributed by atoms with van der Waals surface area (Å²) in [7, 11) is 0. The van der Waals surface area contributed by atoms with Crippen molar-refractivity contribution in [1.82, 2.24) is 5.32 Å². The minimum absolute atomic E-state index is 0.0376. The molecule has 4 heteroatoms. The van der Waals surface area contributed by atoms with Gasteiger partial charge < -0.3 is 10.6 Å². The quantitative estimate of drug-likeness (QED) is 0.845. The summed E-state index contributed by atoms with van der Waals surface area (Å²) in [5, 5.41) is 6.11. The number of halogens is 1. The monoisotopic (exact) mass is 312 g/mol. The second-order valence-electron chi connectivity index (χ2n) is 4.85. The van der Waals surface area contributed by atoms with Gasteiger partial charge in [0, 0.05) is 16.7 Å². The second-order valence-corrected chi connectivity index (χ2v) is 5.77. The van der Waals surface area contributed by atoms with Gasteiger partial charge in [0.05, 0.1) is 0 Å². The molecular formula is C14H21BrN2O. The number of carbonyl (C=O) groups is 1. The van der Waals surface area contributed by atoms with Crippen LogP contribution in [0.2, 0.25) is 0 Å². The van der Waals surface area contributed by atoms with Gasteiger partial charge in [0.1, 0.15) is 6.04 Å². The van der Waals surface area contributed by atoms with Crippen molar-refractivity contribution in [1.29, 1.82) is 0 Å². The molecule has 0 saturated heterocycles. The molecular weight excluding hydrogens is 292 g/mol. The maximum atomic E-state index is 11.8. The molecule has 3 nitrogen and oxygen atoms in total. The maximum Gasteiger partial charge on any atom is 0.242 e. The first-order valence-electron chi connectivity index (χ1n) is 6.29. The summed E-state index contributed by atoms with van der Waals surface area (Å²) in [5.74, 6) is 0.647. The van der Waals surface area contributed by atoms with Gasteiger partial charge in [0.2, 0.25) is 5.91 Å². The van der Waals surface area contributed by atoms with E-state index in [2.05, 4.69) is 40.4 Å². The molecule has 0 aliphatic carbocycles. The molecule has 0 radical (unpaired) electrons. The van der Waals surface area contributed by atoms with E-state index >= 15 is 0 Å². The Morgan fingerprint density at radius 3 is 2.67 bits per heavy atom. The molecule has 1 aromatic carbocycles. The molecule has 1 aromatic rings. The van der Waals surface area contributed by atoms with Crippen molar-refractivity contribution in [3.8, 4) is 0 Å². The first-order chi connectivity index (χ1) is 8.49. The molecule has 0 spiro atoms. The van der Waals surface area contributed by atoms with E-state index in [1.54, 1.807) is 0 Å². The Morgan fingerprint density at radius 2 is 2.06 bits per heavy atom. The Bertz CT molecular complexity index is 393. The van der Waals surface area contributed by atoms with Gasteiger partial charge in [-0.05, 0) is 37.5 Å². The van der Waals surface area contributed by atoms with Gasteiger partial charge in [-0.25, -0.2) is 0 Å². The zero-order valence-electron chi connectivity index (χ0n) is 11.2. The van der Waals surface area contributed by atoms with Crippen LogP contribution in [-0.2, 0) is 4.79 Å². The van der Waals surface area contributed by atoms with E-state index in [9.17, 15) is 4.79 Å². The Labute approximate surface area is 117 Å². The number of anilines is 1. The van der Waals surface area contributed by atoms with Crippen molar-refractivity contribution in [2.45, 2.75) is 33.2 Å². The average Bonchev–Trinajstić information content (AvgIpc) is 2.28. The molecule has 0 aliphatic heterocycles. The third-order valence-electron chi connectivity index (χ3n) is 2.62. The van der Waals surface area contributed by atoms with E-state index in [4.69, 9.17) is 0 Å². The molecule has 1 unspecified atom stereocenters. The van der Waals surface area contributed by atoms with Crippen molar-refractivity contribution >= 4 is 27.5 Å². The molecule has 0 saturated carbocycles. The van der Waals surface area contributed by atoms with Crippen molar-refractivity contribution in [2.75, 3.05) is 11.9 Å². The Morgan fingerprint density at radius 1 is 1.33 bits per heavy atom. The predicted molar refractivity (Wildman–Crippen MR) is 79.7 cm³/mol. The third kappa shape index (κ3) is 5.54. The van der Waals surface area contributed by atoms with Crippen molar-refractivity contribution < 1.29 is 4.79 Å². The van der Waals surface area contributed by atoms with Gasteiger partial charge in [-0.15, -0.1) is 0 Å². The number of carbonyl (C=O) groups excluding carboxylic acids is 1. The number of hydrogen-bond donors (Lipinski definition) is 2. The first kappa shape index (κ1) is 15.0. The topological polar surface area (TPSA) is 41.1 Å². The molecule has 1 rings (SSSR count). The van der Waals surface area contributed by atoms with Gasteiger partial charge in [-0.3, -0.25) is 4.79 Å². The summed E-state index contributed by atoms with van der Waals surface area (Å²) < 4.78 is 1.000. The smallest absolute Gasteiger partial charge is 0.242 e. The number of hydrogen-bond acceptors (Lipinski definition) is 2. The summed E-state index contributed by atoms with van der Waals surface area (Å²) in [6.45, 7) is 6.90. The molecule has 0 aliphatic rings. The Balaban J connectivity index is 2.40. The van der Waals surface area contributed by atoms with Crippen LogP contribution in [0.4, 0.5) is 5.69 Å². The fourth-order valence-corrected chi connectivity index (χ4v) is 1.93. The first-order valence-corrected chi connectivity index (χ1v) is 7.08. The lowest BCUT2D eigenvalue weighted by Gasteiger charge is -2.16. The number of benzene rings is 1. The minimum Gasteiger partial charge on any atom is -0.374 e. The highest BCUT2D eigenvalue weighted by molar-refractivity contribution is 9.10. The van der Waals surface area contributed by atoms with Gasteiger partial charge in [-0.1, -0.05) is 35.8 Å². The van der Waals surface area contributed by atoms with Crippen LogP contribution >= 0.6 is 15.9 Å². The van der Waals surface area contributed by atoms with Gasteiger partial charge >= 0.3 is 0 Å². The molecule has 1 amide bonds. The summed E-state index contributed by atoms with van der Waals surface area (Å²) in [4.78, 5) is 11.8. The van der Waals surface area contributed by atoms with Gasteiger partial charge in [-0.2, -0.15) is 0 Å². The van der Waals surface area contributed by atoms with Gasteiger partial charge in [0.25, 0.3) is 0 Å². The maximum absolute atomic E-state index is 11.8. The molecule has 1 atom stereocenters. The summed E-state index contributed by atoms with van der Waals surface area (Å²) in [6.07, 6.45) is 1.01. The van der Waals surface area contributed by atoms with E-state index in [0.29, 0.717) is 5.92 Å². The molecule has 18 heavy (non-hydrogen) atoms. The SMILES string of the molecule is CC(C)CCNC(=O)C(C)Nc1cccc(Br)c1. The van der Waals surface area contributed by atoms with Crippen LogP contribution in [0.25, 0.3) is 0 Å². The molecule has 0 bridgehead atoms. The molecule has 0 fully saturated rings. The van der Waals surface area contributed by atoms with E-state index in [1.165, 1.54) is 0 Å². The van der Waals surface area contributed by atoms with E-state index in [-0.39, 0.29) is 11.9 Å². The van der Waals surface area contributed by atoms with Crippen LogP contribution < -0.4 is 10.6 Å². The van der Waals surface area contributed by atoms with Crippen molar-refractivity contribution in [3.63, 3.8) is 0 Å². The lowest BCUT2D eigenvalue weighted by Crippen LogP contribution is -2.38. The van der Waals surface area contributed by atoms with Crippen molar-refractivity contribution in [3.05, 3.63) is 28.7 Å². The summed E-state index contributed by atoms with van der Waals surface area (Å²) >= 11 is 3.41. The fraction of sp³-hybridized carbons (Fsp3) is 0.500. The Hall–Kier alpha value is -1.03. The Kier molecular flexibility index (Phi) is 6.19. The van der Waals surface area contributed by atoms with Crippen LogP contribution in [0, 0.1) is 5.92 Å². The predicted octanol–water partition coefficient (Wildman–Crippen LogP) is 3.41. The lowest BCUT2D eigenvalue weighted by atomic mass is 10.1. The zero-order valence-corrected chi connectivity index (χ0v) is 12.8. The van der Waals surface area contributed by atoms with Gasteiger partial charge in [0.15, 0.2) is 0 Å². The summed E-state index contributed by atoms with van der Waals surface area (Å²) in [6, 6.07) is 7.57. The molecule has 0 aromatic heterocycles. The van der Waals surface area contributed by atoms with Crippen LogP contribution in [0.15, 0.2) is 28.7 Å². The minimum atomic E-state index is -0.230. The molecule has 2 N–H and O–H groups in total. The normalized spacial score (nSPS) is 12.3. The van der Waals surface area contributed by atoms with Crippen LogP contribution in [0.1, 0.15) is 27.2 Å². The van der Waals surface area contributed by atoms with Crippen molar-refractivity contribution in [2.24, 2.45) is 5.92 Å². The zero-order chi connectivity index (χ0) is 13.5. The van der Waals surface area contributed by atoms with E-state index in [1.807, 2.05) is 31.2 Å². The summed E-state index contributed by atoms with van der Waals surface area (Å²) in [5.41, 5.74) is 0.941. The number of amides is 1. The standard InChI is InChI=1S/C14H21BrN2O/c1-10(2)7-8-16-14(18)11(3)17-13-6-4-5-12(15)9-13/h4-6,9-11,17H,7-8H2,1-3H3,(H,16,18). The number of rotatable bonds is 6. The molecule has 0 heterocycles. The third-order valence-corrected chi connectivity index (χ3v) is 3.12. The highest BCUT2D eigenvalue weighted by Crippen LogP contribution is 2.16. The molecule has 100 valence electrons. The highest BCUT2D eigenvalue weighted by Gasteiger charge is 2.11. The highest BCUT2D eigenvalue weighted by atomic mass is 79.9. The lowest BCUT2D eigenvalue weighted by molar-refractivity contribution is -0.121. The second kappa shape index (κ2) is 7.41. The average molecular weight is 313 g/mol. The van der Waals surface area contributed by atoms with Crippen LogP contribution in [-0.4, -0.2) is 18.5 Å². The van der Waals surface area contributed by atoms with E-state index in [0.717, 1.165) is 23.1 Å². The van der Waals surface area contributed by atoms with Crippen LogP contribution in [0.3, 0.4) is 0 Å². The van der Waals surface area contributed by atoms with Crippen LogP contribution in [0.5, 0.6) is 0 Å². The number of nitrogens with one attached hydrogen (secondary N) is 2. The largest absolute Gasteiger partial charge is 0.374 e. The van der Waals surface area contributed by atoms with E-state index < -0.39 is 0 Å². The fourth-order valence-electron chi connectivity index (χ4n) is 1.53.